The maximum absolute atomic E-state index is 13.1. The van der Waals surface area contributed by atoms with Gasteiger partial charge in [0, 0.05) is 11.0 Å². The van der Waals surface area contributed by atoms with Crippen molar-refractivity contribution < 1.29 is 22.9 Å². The summed E-state index contributed by atoms with van der Waals surface area (Å²) in [5.41, 5.74) is 0.903. The van der Waals surface area contributed by atoms with Gasteiger partial charge in [0.2, 0.25) is 0 Å². The molecule has 0 heterocycles. The summed E-state index contributed by atoms with van der Waals surface area (Å²) in [7, 11) is -1.45. The van der Waals surface area contributed by atoms with Crippen LogP contribution in [0.5, 0.6) is 0 Å². The molecule has 0 aromatic heterocycles. The van der Waals surface area contributed by atoms with E-state index in [2.05, 4.69) is 0 Å². The van der Waals surface area contributed by atoms with Gasteiger partial charge in [-0.2, -0.15) is 0 Å². The fourth-order valence-electron chi connectivity index (χ4n) is 1.86. The number of carbonyl (C=O) groups is 1. The van der Waals surface area contributed by atoms with Gasteiger partial charge in [-0.3, -0.25) is 9.00 Å². The van der Waals surface area contributed by atoms with Crippen LogP contribution in [0.4, 0.5) is 8.78 Å². The van der Waals surface area contributed by atoms with E-state index < -0.39 is 28.4 Å². The molecule has 2 aromatic rings. The molecule has 21 heavy (non-hydrogen) atoms. The third-order valence-electron chi connectivity index (χ3n) is 2.76. The van der Waals surface area contributed by atoms with Gasteiger partial charge in [0.15, 0.2) is 0 Å². The summed E-state index contributed by atoms with van der Waals surface area (Å²) in [6.07, 6.45) is -0.109. The van der Waals surface area contributed by atoms with Crippen LogP contribution in [0.3, 0.4) is 0 Å². The molecule has 0 amide bonds. The largest absolute Gasteiger partial charge is 0.481 e. The third-order valence-corrected chi connectivity index (χ3v) is 4.16. The van der Waals surface area contributed by atoms with E-state index in [0.717, 1.165) is 18.2 Å². The predicted octanol–water partition coefficient (Wildman–Crippen LogP) is 2.90. The van der Waals surface area contributed by atoms with Crippen LogP contribution >= 0.6 is 0 Å². The van der Waals surface area contributed by atoms with Crippen molar-refractivity contribution in [3.63, 3.8) is 0 Å². The van der Waals surface area contributed by atoms with Crippen LogP contribution in [0.25, 0.3) is 0 Å². The Kier molecular flexibility index (Phi) is 4.80. The van der Waals surface area contributed by atoms with E-state index in [9.17, 15) is 17.8 Å². The molecule has 2 aromatic carbocycles. The molecule has 0 spiro atoms. The van der Waals surface area contributed by atoms with Gasteiger partial charge in [0.1, 0.15) is 11.6 Å². The van der Waals surface area contributed by atoms with E-state index in [0.29, 0.717) is 16.0 Å². The van der Waals surface area contributed by atoms with Crippen LogP contribution in [-0.2, 0) is 27.8 Å². The summed E-state index contributed by atoms with van der Waals surface area (Å²) in [4.78, 5) is 11.0. The number of carboxylic acid groups (broad SMARTS) is 1. The molecule has 0 aliphatic heterocycles. The SMILES string of the molecule is O=C(O)Cc1ccc(S(=O)Cc2cc(F)cc(F)c2)cc1. The first kappa shape index (κ1) is 15.3. The average molecular weight is 310 g/mol. The van der Waals surface area contributed by atoms with Crippen molar-refractivity contribution in [2.24, 2.45) is 0 Å². The van der Waals surface area contributed by atoms with E-state index >= 15 is 0 Å². The Labute approximate surface area is 122 Å². The van der Waals surface area contributed by atoms with Gasteiger partial charge in [-0.05, 0) is 35.4 Å². The normalized spacial score (nSPS) is 12.1. The van der Waals surface area contributed by atoms with Crippen molar-refractivity contribution in [3.05, 3.63) is 65.2 Å². The summed E-state index contributed by atoms with van der Waals surface area (Å²) < 4.78 is 38.2. The number of benzene rings is 2. The fourth-order valence-corrected chi connectivity index (χ4v) is 2.94. The monoisotopic (exact) mass is 310 g/mol. The average Bonchev–Trinajstić information content (AvgIpc) is 2.37. The van der Waals surface area contributed by atoms with Crippen molar-refractivity contribution >= 4 is 16.8 Å². The summed E-state index contributed by atoms with van der Waals surface area (Å²) in [5, 5.41) is 8.66. The maximum atomic E-state index is 13.1. The Hall–Kier alpha value is -2.08. The van der Waals surface area contributed by atoms with Gasteiger partial charge < -0.3 is 5.11 Å². The van der Waals surface area contributed by atoms with Gasteiger partial charge in [0.05, 0.1) is 23.0 Å². The molecule has 1 N–H and O–H groups in total. The molecule has 110 valence electrons. The summed E-state index contributed by atoms with van der Waals surface area (Å²) in [6.45, 7) is 0. The van der Waals surface area contributed by atoms with Gasteiger partial charge in [-0.25, -0.2) is 8.78 Å². The Morgan fingerprint density at radius 3 is 2.10 bits per heavy atom. The number of hydrogen-bond acceptors (Lipinski definition) is 2. The van der Waals surface area contributed by atoms with Crippen LogP contribution < -0.4 is 0 Å². The lowest BCUT2D eigenvalue weighted by molar-refractivity contribution is -0.136. The lowest BCUT2D eigenvalue weighted by atomic mass is 10.2. The van der Waals surface area contributed by atoms with E-state index in [1.54, 1.807) is 24.3 Å². The molecule has 0 aliphatic rings. The van der Waals surface area contributed by atoms with Gasteiger partial charge in [0.25, 0.3) is 0 Å². The first-order valence-corrected chi connectivity index (χ1v) is 7.40. The van der Waals surface area contributed by atoms with Crippen molar-refractivity contribution in [2.75, 3.05) is 0 Å². The van der Waals surface area contributed by atoms with Crippen LogP contribution in [0.15, 0.2) is 47.4 Å². The molecule has 1 unspecified atom stereocenters. The molecule has 2 rings (SSSR count). The molecular formula is C15H12F2O3S. The quantitative estimate of drug-likeness (QED) is 0.924. The molecule has 6 heteroatoms. The van der Waals surface area contributed by atoms with Crippen LogP contribution in [-0.4, -0.2) is 15.3 Å². The first-order chi connectivity index (χ1) is 9.94. The van der Waals surface area contributed by atoms with Crippen molar-refractivity contribution in [1.29, 1.82) is 0 Å². The van der Waals surface area contributed by atoms with Crippen LogP contribution in [0.2, 0.25) is 0 Å². The number of aliphatic carboxylic acids is 1. The lowest BCUT2D eigenvalue weighted by Gasteiger charge is -2.04. The second kappa shape index (κ2) is 6.58. The van der Waals surface area contributed by atoms with E-state index in [-0.39, 0.29) is 12.2 Å². The van der Waals surface area contributed by atoms with E-state index in [4.69, 9.17) is 5.11 Å². The highest BCUT2D eigenvalue weighted by atomic mass is 32.2. The maximum Gasteiger partial charge on any atom is 0.307 e. The molecular weight excluding hydrogens is 298 g/mol. The Morgan fingerprint density at radius 2 is 1.57 bits per heavy atom. The second-order valence-electron chi connectivity index (χ2n) is 4.48. The number of carboxylic acids is 1. The summed E-state index contributed by atoms with van der Waals surface area (Å²) >= 11 is 0. The molecule has 0 fully saturated rings. The first-order valence-electron chi connectivity index (χ1n) is 6.08. The molecule has 3 nitrogen and oxygen atoms in total. The zero-order valence-electron chi connectivity index (χ0n) is 10.9. The van der Waals surface area contributed by atoms with Crippen molar-refractivity contribution in [2.45, 2.75) is 17.1 Å². The predicted molar refractivity (Wildman–Crippen MR) is 74.3 cm³/mol. The summed E-state index contributed by atoms with van der Waals surface area (Å²) in [5.74, 6) is -2.37. The highest BCUT2D eigenvalue weighted by molar-refractivity contribution is 7.84. The molecule has 0 aliphatic carbocycles. The molecule has 0 saturated carbocycles. The van der Waals surface area contributed by atoms with Crippen LogP contribution in [0, 0.1) is 11.6 Å². The molecule has 1 atom stereocenters. The van der Waals surface area contributed by atoms with Gasteiger partial charge in [-0.15, -0.1) is 0 Å². The Balaban J connectivity index is 2.11. The fraction of sp³-hybridized carbons (Fsp3) is 0.133. The van der Waals surface area contributed by atoms with Crippen LogP contribution in [0.1, 0.15) is 11.1 Å². The van der Waals surface area contributed by atoms with Gasteiger partial charge in [-0.1, -0.05) is 12.1 Å². The topological polar surface area (TPSA) is 54.4 Å². The Morgan fingerprint density at radius 1 is 1.00 bits per heavy atom. The summed E-state index contributed by atoms with van der Waals surface area (Å²) in [6, 6.07) is 9.31. The van der Waals surface area contributed by atoms with E-state index in [1.807, 2.05) is 0 Å². The number of hydrogen-bond donors (Lipinski definition) is 1. The van der Waals surface area contributed by atoms with Crippen molar-refractivity contribution in [3.8, 4) is 0 Å². The number of halogens is 2. The van der Waals surface area contributed by atoms with E-state index in [1.165, 1.54) is 0 Å². The minimum absolute atomic E-state index is 0.00699. The second-order valence-corrected chi connectivity index (χ2v) is 5.93. The molecule has 0 bridgehead atoms. The van der Waals surface area contributed by atoms with Crippen molar-refractivity contribution in [1.82, 2.24) is 0 Å². The smallest absolute Gasteiger partial charge is 0.307 e. The minimum atomic E-state index is -1.45. The Bertz CT molecular complexity index is 664. The third kappa shape index (κ3) is 4.46. The highest BCUT2D eigenvalue weighted by Gasteiger charge is 2.08. The highest BCUT2D eigenvalue weighted by Crippen LogP contribution is 2.16. The standard InChI is InChI=1S/C15H12F2O3S/c16-12-5-11(6-13(17)8-12)9-21(20)14-3-1-10(2-4-14)7-15(18)19/h1-6,8H,7,9H2,(H,18,19). The molecule has 0 saturated heterocycles. The number of rotatable bonds is 5. The molecule has 0 radical (unpaired) electrons. The zero-order valence-corrected chi connectivity index (χ0v) is 11.7. The van der Waals surface area contributed by atoms with Gasteiger partial charge >= 0.3 is 5.97 Å². The lowest BCUT2D eigenvalue weighted by Crippen LogP contribution is -2.01. The minimum Gasteiger partial charge on any atom is -0.481 e. The zero-order chi connectivity index (χ0) is 15.4.